The molecule has 0 saturated heterocycles. The van der Waals surface area contributed by atoms with Crippen molar-refractivity contribution in [1.82, 2.24) is 10.2 Å². The van der Waals surface area contributed by atoms with E-state index in [-0.39, 0.29) is 11.8 Å². The summed E-state index contributed by atoms with van der Waals surface area (Å²) >= 11 is 0. The SMILES string of the molecule is CCNC(=O)C(C)N(Cc1ccccc1C)C(=O)CC. The number of carbonyl (C=O) groups excluding carboxylic acids is 2. The number of nitrogens with one attached hydrogen (secondary N) is 1. The van der Waals surface area contributed by atoms with Gasteiger partial charge < -0.3 is 10.2 Å². The van der Waals surface area contributed by atoms with E-state index >= 15 is 0 Å². The first kappa shape index (κ1) is 16.2. The second-order valence-electron chi connectivity index (χ2n) is 4.87. The minimum atomic E-state index is -0.456. The molecule has 1 aromatic rings. The summed E-state index contributed by atoms with van der Waals surface area (Å²) in [7, 11) is 0. The topological polar surface area (TPSA) is 49.4 Å². The van der Waals surface area contributed by atoms with Crippen molar-refractivity contribution in [2.45, 2.75) is 46.7 Å². The van der Waals surface area contributed by atoms with Crippen LogP contribution >= 0.6 is 0 Å². The van der Waals surface area contributed by atoms with Gasteiger partial charge in [0.05, 0.1) is 0 Å². The third kappa shape index (κ3) is 4.08. The van der Waals surface area contributed by atoms with E-state index in [0.29, 0.717) is 19.5 Å². The Morgan fingerprint density at radius 3 is 2.45 bits per heavy atom. The number of benzene rings is 1. The molecule has 0 spiro atoms. The Morgan fingerprint density at radius 2 is 1.90 bits per heavy atom. The van der Waals surface area contributed by atoms with Gasteiger partial charge in [-0.2, -0.15) is 0 Å². The minimum absolute atomic E-state index is 0.00740. The van der Waals surface area contributed by atoms with Crippen molar-refractivity contribution in [2.24, 2.45) is 0 Å². The van der Waals surface area contributed by atoms with Crippen molar-refractivity contribution >= 4 is 11.8 Å². The maximum Gasteiger partial charge on any atom is 0.242 e. The molecule has 0 heterocycles. The summed E-state index contributed by atoms with van der Waals surface area (Å²) in [5, 5.41) is 2.77. The highest BCUT2D eigenvalue weighted by molar-refractivity contribution is 5.87. The van der Waals surface area contributed by atoms with Crippen molar-refractivity contribution in [3.8, 4) is 0 Å². The standard InChI is InChI=1S/C16H24N2O2/c1-5-15(19)18(13(4)16(20)17-6-2)11-14-10-8-7-9-12(14)3/h7-10,13H,5-6,11H2,1-4H3,(H,17,20). The lowest BCUT2D eigenvalue weighted by molar-refractivity contribution is -0.140. The van der Waals surface area contributed by atoms with E-state index in [1.54, 1.807) is 11.8 Å². The smallest absolute Gasteiger partial charge is 0.242 e. The van der Waals surface area contributed by atoms with Gasteiger partial charge in [0, 0.05) is 19.5 Å². The lowest BCUT2D eigenvalue weighted by Gasteiger charge is -2.28. The van der Waals surface area contributed by atoms with E-state index in [0.717, 1.165) is 11.1 Å². The van der Waals surface area contributed by atoms with Crippen molar-refractivity contribution < 1.29 is 9.59 Å². The number of nitrogens with zero attached hydrogens (tertiary/aromatic N) is 1. The van der Waals surface area contributed by atoms with Crippen molar-refractivity contribution in [2.75, 3.05) is 6.54 Å². The average molecular weight is 276 g/mol. The Balaban J connectivity index is 2.93. The first-order valence-electron chi connectivity index (χ1n) is 7.12. The summed E-state index contributed by atoms with van der Waals surface area (Å²) in [6.07, 6.45) is 0.398. The van der Waals surface area contributed by atoms with Gasteiger partial charge in [-0.05, 0) is 31.9 Å². The molecule has 0 aliphatic carbocycles. The monoisotopic (exact) mass is 276 g/mol. The van der Waals surface area contributed by atoms with Crippen molar-refractivity contribution in [3.63, 3.8) is 0 Å². The van der Waals surface area contributed by atoms with Crippen LogP contribution in [0.1, 0.15) is 38.3 Å². The number of amides is 2. The predicted octanol–water partition coefficient (Wildman–Crippen LogP) is 2.26. The van der Waals surface area contributed by atoms with Gasteiger partial charge in [-0.3, -0.25) is 9.59 Å². The third-order valence-corrected chi connectivity index (χ3v) is 3.42. The van der Waals surface area contributed by atoms with E-state index in [9.17, 15) is 9.59 Å². The van der Waals surface area contributed by atoms with E-state index in [4.69, 9.17) is 0 Å². The maximum absolute atomic E-state index is 12.1. The molecule has 0 aliphatic rings. The van der Waals surface area contributed by atoms with Crippen LogP contribution in [-0.4, -0.2) is 29.3 Å². The number of rotatable bonds is 6. The third-order valence-electron chi connectivity index (χ3n) is 3.42. The first-order valence-corrected chi connectivity index (χ1v) is 7.12. The molecule has 1 unspecified atom stereocenters. The van der Waals surface area contributed by atoms with Crippen LogP contribution in [0, 0.1) is 6.92 Å². The Labute approximate surface area is 121 Å². The van der Waals surface area contributed by atoms with E-state index in [1.807, 2.05) is 45.0 Å². The first-order chi connectivity index (χ1) is 9.51. The van der Waals surface area contributed by atoms with Crippen LogP contribution in [0.5, 0.6) is 0 Å². The van der Waals surface area contributed by atoms with Crippen LogP contribution in [0.4, 0.5) is 0 Å². The molecule has 1 atom stereocenters. The largest absolute Gasteiger partial charge is 0.355 e. The number of hydrogen-bond donors (Lipinski definition) is 1. The number of aryl methyl sites for hydroxylation is 1. The van der Waals surface area contributed by atoms with Gasteiger partial charge in [-0.1, -0.05) is 31.2 Å². The molecular formula is C16H24N2O2. The summed E-state index contributed by atoms with van der Waals surface area (Å²) in [5.41, 5.74) is 2.20. The molecule has 0 aliphatic heterocycles. The van der Waals surface area contributed by atoms with Crippen LogP contribution in [0.3, 0.4) is 0 Å². The molecule has 110 valence electrons. The van der Waals surface area contributed by atoms with Crippen LogP contribution in [0.15, 0.2) is 24.3 Å². The molecule has 0 fully saturated rings. The summed E-state index contributed by atoms with van der Waals surface area (Å²) in [4.78, 5) is 25.7. The highest BCUT2D eigenvalue weighted by Gasteiger charge is 2.24. The molecule has 0 radical (unpaired) electrons. The Hall–Kier alpha value is -1.84. The highest BCUT2D eigenvalue weighted by Crippen LogP contribution is 2.14. The molecule has 4 nitrogen and oxygen atoms in total. The maximum atomic E-state index is 12.1. The fraction of sp³-hybridized carbons (Fsp3) is 0.500. The normalized spacial score (nSPS) is 11.8. The molecule has 1 N–H and O–H groups in total. The fourth-order valence-corrected chi connectivity index (χ4v) is 2.08. The highest BCUT2D eigenvalue weighted by atomic mass is 16.2. The van der Waals surface area contributed by atoms with Gasteiger partial charge in [-0.25, -0.2) is 0 Å². The lowest BCUT2D eigenvalue weighted by atomic mass is 10.1. The number of carbonyl (C=O) groups is 2. The molecule has 2 amide bonds. The molecule has 0 saturated carbocycles. The van der Waals surface area contributed by atoms with Crippen LogP contribution < -0.4 is 5.32 Å². The van der Waals surface area contributed by atoms with E-state index in [1.165, 1.54) is 0 Å². The van der Waals surface area contributed by atoms with Crippen LogP contribution in [0.2, 0.25) is 0 Å². The second-order valence-corrected chi connectivity index (χ2v) is 4.87. The lowest BCUT2D eigenvalue weighted by Crippen LogP contribution is -2.47. The minimum Gasteiger partial charge on any atom is -0.355 e. The van der Waals surface area contributed by atoms with Crippen molar-refractivity contribution in [1.29, 1.82) is 0 Å². The van der Waals surface area contributed by atoms with Gasteiger partial charge >= 0.3 is 0 Å². The predicted molar refractivity (Wildman–Crippen MR) is 80.2 cm³/mol. The Morgan fingerprint density at radius 1 is 1.25 bits per heavy atom. The van der Waals surface area contributed by atoms with Crippen LogP contribution in [-0.2, 0) is 16.1 Å². The zero-order chi connectivity index (χ0) is 15.1. The zero-order valence-electron chi connectivity index (χ0n) is 12.8. The van der Waals surface area contributed by atoms with E-state index in [2.05, 4.69) is 5.32 Å². The van der Waals surface area contributed by atoms with Gasteiger partial charge in [-0.15, -0.1) is 0 Å². The molecule has 0 bridgehead atoms. The summed E-state index contributed by atoms with van der Waals surface area (Å²) in [5.74, 6) is -0.116. The summed E-state index contributed by atoms with van der Waals surface area (Å²) in [6.45, 7) is 8.52. The van der Waals surface area contributed by atoms with Gasteiger partial charge in [0.25, 0.3) is 0 Å². The summed E-state index contributed by atoms with van der Waals surface area (Å²) < 4.78 is 0. The second kappa shape index (κ2) is 7.68. The van der Waals surface area contributed by atoms with Crippen molar-refractivity contribution in [3.05, 3.63) is 35.4 Å². The van der Waals surface area contributed by atoms with Crippen LogP contribution in [0.25, 0.3) is 0 Å². The molecular weight excluding hydrogens is 252 g/mol. The molecule has 4 heteroatoms. The van der Waals surface area contributed by atoms with Gasteiger partial charge in [0.1, 0.15) is 6.04 Å². The summed E-state index contributed by atoms with van der Waals surface area (Å²) in [6, 6.07) is 7.48. The zero-order valence-corrected chi connectivity index (χ0v) is 12.8. The Bertz CT molecular complexity index is 471. The number of likely N-dealkylation sites (N-methyl/N-ethyl adjacent to an activating group) is 1. The quantitative estimate of drug-likeness (QED) is 0.866. The molecule has 20 heavy (non-hydrogen) atoms. The van der Waals surface area contributed by atoms with E-state index < -0.39 is 6.04 Å². The Kier molecular flexibility index (Phi) is 6.22. The molecule has 1 rings (SSSR count). The van der Waals surface area contributed by atoms with Gasteiger partial charge in [0.2, 0.25) is 11.8 Å². The molecule has 1 aromatic carbocycles. The number of hydrogen-bond acceptors (Lipinski definition) is 2. The fourth-order valence-electron chi connectivity index (χ4n) is 2.08. The average Bonchev–Trinajstić information content (AvgIpc) is 2.45. The molecule has 0 aromatic heterocycles. The van der Waals surface area contributed by atoms with Gasteiger partial charge in [0.15, 0.2) is 0 Å².